The number of hydrogen-bond donors (Lipinski definition) is 2. The van der Waals surface area contributed by atoms with Gasteiger partial charge in [-0.2, -0.15) is 13.2 Å². The molecule has 1 aromatic rings. The molecule has 0 bridgehead atoms. The molecule has 0 aliphatic heterocycles. The van der Waals surface area contributed by atoms with Gasteiger partial charge in [-0.3, -0.25) is 4.79 Å². The summed E-state index contributed by atoms with van der Waals surface area (Å²) in [7, 11) is 0. The lowest BCUT2D eigenvalue weighted by atomic mass is 10.1. The van der Waals surface area contributed by atoms with Crippen molar-refractivity contribution in [3.8, 4) is 0 Å². The molecule has 0 spiro atoms. The summed E-state index contributed by atoms with van der Waals surface area (Å²) < 4.78 is 38.4. The van der Waals surface area contributed by atoms with Crippen molar-refractivity contribution >= 4 is 23.2 Å². The lowest BCUT2D eigenvalue weighted by Gasteiger charge is -2.16. The van der Waals surface area contributed by atoms with Gasteiger partial charge in [0.1, 0.15) is 0 Å². The second kappa shape index (κ2) is 6.83. The van der Waals surface area contributed by atoms with E-state index >= 15 is 0 Å². The topological polar surface area (TPSA) is 41.1 Å². The number of benzene rings is 1. The number of halogens is 4. The zero-order chi connectivity index (χ0) is 15.3. The third-order valence-electron chi connectivity index (χ3n) is 2.45. The first-order valence-electron chi connectivity index (χ1n) is 6.08. The van der Waals surface area contributed by atoms with Gasteiger partial charge in [0, 0.05) is 6.54 Å². The van der Waals surface area contributed by atoms with Crippen LogP contribution in [0.3, 0.4) is 0 Å². The Hall–Kier alpha value is -1.43. The van der Waals surface area contributed by atoms with Crippen LogP contribution in [-0.4, -0.2) is 19.0 Å². The van der Waals surface area contributed by atoms with E-state index in [1.807, 2.05) is 13.8 Å². The standard InChI is InChI=1S/C13H16ClF3N2O/c1-8(2)6-18-11(20)7-19-12-9(13(15,16)17)4-3-5-10(12)14/h3-5,8,19H,6-7H2,1-2H3,(H,18,20). The predicted octanol–water partition coefficient (Wildman–Crippen LogP) is 3.54. The fourth-order valence-electron chi connectivity index (χ4n) is 1.49. The summed E-state index contributed by atoms with van der Waals surface area (Å²) in [6, 6.07) is 3.47. The maximum atomic E-state index is 12.8. The molecule has 0 heterocycles. The first-order valence-corrected chi connectivity index (χ1v) is 6.46. The van der Waals surface area contributed by atoms with Crippen LogP contribution in [0.25, 0.3) is 0 Å². The van der Waals surface area contributed by atoms with E-state index in [-0.39, 0.29) is 29.1 Å². The number of alkyl halides is 3. The summed E-state index contributed by atoms with van der Waals surface area (Å²) >= 11 is 5.75. The minimum absolute atomic E-state index is 0.0727. The van der Waals surface area contributed by atoms with Crippen molar-refractivity contribution in [3.63, 3.8) is 0 Å². The van der Waals surface area contributed by atoms with Crippen LogP contribution in [0.5, 0.6) is 0 Å². The fraction of sp³-hybridized carbons (Fsp3) is 0.462. The van der Waals surface area contributed by atoms with Gasteiger partial charge < -0.3 is 10.6 Å². The van der Waals surface area contributed by atoms with Crippen LogP contribution in [-0.2, 0) is 11.0 Å². The molecule has 0 radical (unpaired) electrons. The van der Waals surface area contributed by atoms with Crippen LogP contribution in [0.4, 0.5) is 18.9 Å². The SMILES string of the molecule is CC(C)CNC(=O)CNc1c(Cl)cccc1C(F)(F)F. The minimum atomic E-state index is -4.53. The van der Waals surface area contributed by atoms with E-state index in [1.165, 1.54) is 12.1 Å². The van der Waals surface area contributed by atoms with Crippen LogP contribution in [0.15, 0.2) is 18.2 Å². The van der Waals surface area contributed by atoms with Crippen LogP contribution in [0, 0.1) is 5.92 Å². The summed E-state index contributed by atoms with van der Waals surface area (Å²) in [6.07, 6.45) is -4.53. The maximum absolute atomic E-state index is 12.8. The molecule has 1 aromatic carbocycles. The van der Waals surface area contributed by atoms with Gasteiger partial charge in [-0.05, 0) is 18.1 Å². The van der Waals surface area contributed by atoms with Crippen molar-refractivity contribution in [1.29, 1.82) is 0 Å². The Labute approximate surface area is 120 Å². The molecule has 112 valence electrons. The lowest BCUT2D eigenvalue weighted by Crippen LogP contribution is -2.32. The number of anilines is 1. The molecule has 3 nitrogen and oxygen atoms in total. The number of hydrogen-bond acceptors (Lipinski definition) is 2. The quantitative estimate of drug-likeness (QED) is 0.873. The van der Waals surface area contributed by atoms with Gasteiger partial charge in [0.2, 0.25) is 5.91 Å². The molecule has 0 saturated heterocycles. The van der Waals surface area contributed by atoms with Gasteiger partial charge in [-0.1, -0.05) is 31.5 Å². The highest BCUT2D eigenvalue weighted by atomic mass is 35.5. The average Bonchev–Trinajstić information content (AvgIpc) is 2.33. The van der Waals surface area contributed by atoms with Crippen molar-refractivity contribution in [3.05, 3.63) is 28.8 Å². The van der Waals surface area contributed by atoms with Gasteiger partial charge in [0.05, 0.1) is 22.8 Å². The lowest BCUT2D eigenvalue weighted by molar-refractivity contribution is -0.137. The third kappa shape index (κ3) is 4.92. The first-order chi connectivity index (χ1) is 9.21. The monoisotopic (exact) mass is 308 g/mol. The van der Waals surface area contributed by atoms with E-state index in [0.717, 1.165) is 6.07 Å². The molecule has 7 heteroatoms. The van der Waals surface area contributed by atoms with E-state index in [1.54, 1.807) is 0 Å². The number of carbonyl (C=O) groups excluding carboxylic acids is 1. The molecule has 1 rings (SSSR count). The molecule has 1 amide bonds. The Bertz CT molecular complexity index is 475. The van der Waals surface area contributed by atoms with Crippen LogP contribution in [0.1, 0.15) is 19.4 Å². The van der Waals surface area contributed by atoms with Crippen molar-refractivity contribution in [2.45, 2.75) is 20.0 Å². The minimum Gasteiger partial charge on any atom is -0.374 e. The molecular formula is C13H16ClF3N2O. The largest absolute Gasteiger partial charge is 0.418 e. The van der Waals surface area contributed by atoms with Gasteiger partial charge in [0.25, 0.3) is 0 Å². The van der Waals surface area contributed by atoms with Crippen LogP contribution < -0.4 is 10.6 Å². The summed E-state index contributed by atoms with van der Waals surface area (Å²) in [4.78, 5) is 11.5. The number of rotatable bonds is 5. The zero-order valence-electron chi connectivity index (χ0n) is 11.1. The zero-order valence-corrected chi connectivity index (χ0v) is 11.9. The molecular weight excluding hydrogens is 293 g/mol. The molecule has 2 N–H and O–H groups in total. The molecule has 20 heavy (non-hydrogen) atoms. The Morgan fingerprint density at radius 1 is 1.35 bits per heavy atom. The van der Waals surface area contributed by atoms with Gasteiger partial charge in [-0.15, -0.1) is 0 Å². The molecule has 0 fully saturated rings. The number of para-hydroxylation sites is 1. The predicted molar refractivity (Wildman–Crippen MR) is 72.8 cm³/mol. The summed E-state index contributed by atoms with van der Waals surface area (Å²) in [5.74, 6) is -0.114. The summed E-state index contributed by atoms with van der Waals surface area (Å²) in [5, 5.41) is 4.98. The van der Waals surface area contributed by atoms with Crippen LogP contribution >= 0.6 is 11.6 Å². The normalized spacial score (nSPS) is 11.6. The molecule has 0 aliphatic rings. The Morgan fingerprint density at radius 3 is 2.55 bits per heavy atom. The van der Waals surface area contributed by atoms with E-state index in [0.29, 0.717) is 6.54 Å². The van der Waals surface area contributed by atoms with Crippen molar-refractivity contribution in [2.24, 2.45) is 5.92 Å². The number of nitrogens with one attached hydrogen (secondary N) is 2. The highest BCUT2D eigenvalue weighted by molar-refractivity contribution is 6.33. The number of carbonyl (C=O) groups is 1. The van der Waals surface area contributed by atoms with Gasteiger partial charge in [-0.25, -0.2) is 0 Å². The maximum Gasteiger partial charge on any atom is 0.418 e. The van der Waals surface area contributed by atoms with Gasteiger partial charge >= 0.3 is 6.18 Å². The number of amides is 1. The fourth-order valence-corrected chi connectivity index (χ4v) is 1.73. The highest BCUT2D eigenvalue weighted by Crippen LogP contribution is 2.38. The molecule has 0 aromatic heterocycles. The summed E-state index contributed by atoms with van der Waals surface area (Å²) in [6.45, 7) is 4.04. The van der Waals surface area contributed by atoms with Crippen molar-refractivity contribution < 1.29 is 18.0 Å². The van der Waals surface area contributed by atoms with Crippen molar-refractivity contribution in [2.75, 3.05) is 18.4 Å². The van der Waals surface area contributed by atoms with E-state index < -0.39 is 11.7 Å². The highest BCUT2D eigenvalue weighted by Gasteiger charge is 2.34. The van der Waals surface area contributed by atoms with Crippen molar-refractivity contribution in [1.82, 2.24) is 5.32 Å². The van der Waals surface area contributed by atoms with E-state index in [2.05, 4.69) is 10.6 Å². The Balaban J connectivity index is 2.75. The average molecular weight is 309 g/mol. The second-order valence-electron chi connectivity index (χ2n) is 4.71. The molecule has 0 atom stereocenters. The van der Waals surface area contributed by atoms with E-state index in [4.69, 9.17) is 11.6 Å². The van der Waals surface area contributed by atoms with E-state index in [9.17, 15) is 18.0 Å². The Morgan fingerprint density at radius 2 is 2.00 bits per heavy atom. The Kier molecular flexibility index (Phi) is 5.68. The third-order valence-corrected chi connectivity index (χ3v) is 2.77. The second-order valence-corrected chi connectivity index (χ2v) is 5.12. The molecule has 0 saturated carbocycles. The first kappa shape index (κ1) is 16.6. The smallest absolute Gasteiger partial charge is 0.374 e. The van der Waals surface area contributed by atoms with Gasteiger partial charge in [0.15, 0.2) is 0 Å². The summed E-state index contributed by atoms with van der Waals surface area (Å²) in [5.41, 5.74) is -1.16. The van der Waals surface area contributed by atoms with Crippen LogP contribution in [0.2, 0.25) is 5.02 Å². The molecule has 0 aliphatic carbocycles. The molecule has 0 unspecified atom stereocenters.